The maximum atomic E-state index is 5.49. The van der Waals surface area contributed by atoms with Crippen LogP contribution in [-0.2, 0) is 10.2 Å². The molecule has 1 N–H and O–H groups in total. The Morgan fingerprint density at radius 2 is 2.00 bits per heavy atom. The third-order valence-corrected chi connectivity index (χ3v) is 5.72. The number of halogens is 1. The van der Waals surface area contributed by atoms with Gasteiger partial charge in [0.15, 0.2) is 5.96 Å². The predicted octanol–water partition coefficient (Wildman–Crippen LogP) is 2.87. The van der Waals surface area contributed by atoms with Crippen LogP contribution >= 0.6 is 24.0 Å². The highest BCUT2D eigenvalue weighted by Crippen LogP contribution is 2.23. The van der Waals surface area contributed by atoms with E-state index < -0.39 is 0 Å². The van der Waals surface area contributed by atoms with Crippen LogP contribution < -0.4 is 5.32 Å². The minimum Gasteiger partial charge on any atom is -0.379 e. The maximum Gasteiger partial charge on any atom is 0.193 e. The van der Waals surface area contributed by atoms with Gasteiger partial charge in [-0.2, -0.15) is 0 Å². The Kier molecular flexibility index (Phi) is 8.37. The van der Waals surface area contributed by atoms with Crippen molar-refractivity contribution in [2.24, 2.45) is 4.99 Å². The van der Waals surface area contributed by atoms with E-state index in [1.807, 2.05) is 7.05 Å². The maximum absolute atomic E-state index is 5.49. The third-order valence-electron chi connectivity index (χ3n) is 5.72. The van der Waals surface area contributed by atoms with Crippen molar-refractivity contribution in [3.05, 3.63) is 35.4 Å². The number of likely N-dealkylation sites (tertiary alicyclic amines) is 1. The summed E-state index contributed by atoms with van der Waals surface area (Å²) < 4.78 is 5.49. The lowest BCUT2D eigenvalue weighted by Gasteiger charge is -2.33. The molecule has 1 aromatic carbocycles. The molecule has 2 fully saturated rings. The molecule has 0 spiro atoms. The van der Waals surface area contributed by atoms with Crippen molar-refractivity contribution >= 4 is 29.9 Å². The first kappa shape index (κ1) is 22.4. The molecule has 6 heteroatoms. The van der Waals surface area contributed by atoms with Crippen molar-refractivity contribution in [1.82, 2.24) is 15.1 Å². The SMILES string of the molecule is CN=C(NCC(C)(C)c1cccc(C)c1)N1CCC(N2CCOCC2)C1.I. The molecular formula is C21H35IN4O. The monoisotopic (exact) mass is 486 g/mol. The summed E-state index contributed by atoms with van der Waals surface area (Å²) in [5.74, 6) is 1.03. The average Bonchev–Trinajstić information content (AvgIpc) is 3.13. The lowest BCUT2D eigenvalue weighted by Crippen LogP contribution is -2.48. The van der Waals surface area contributed by atoms with Gasteiger partial charge in [0.1, 0.15) is 0 Å². The predicted molar refractivity (Wildman–Crippen MR) is 123 cm³/mol. The van der Waals surface area contributed by atoms with E-state index in [1.54, 1.807) is 0 Å². The summed E-state index contributed by atoms with van der Waals surface area (Å²) in [4.78, 5) is 9.54. The van der Waals surface area contributed by atoms with E-state index in [0.717, 1.165) is 51.9 Å². The molecule has 2 heterocycles. The van der Waals surface area contributed by atoms with Crippen LogP contribution in [0.3, 0.4) is 0 Å². The largest absolute Gasteiger partial charge is 0.379 e. The molecule has 1 unspecified atom stereocenters. The molecule has 3 rings (SSSR count). The van der Waals surface area contributed by atoms with Gasteiger partial charge in [-0.15, -0.1) is 24.0 Å². The number of benzene rings is 1. The van der Waals surface area contributed by atoms with Crippen molar-refractivity contribution in [3.8, 4) is 0 Å². The van der Waals surface area contributed by atoms with Gasteiger partial charge in [-0.1, -0.05) is 43.7 Å². The van der Waals surface area contributed by atoms with Crippen LogP contribution in [0, 0.1) is 6.92 Å². The Balaban J connectivity index is 0.00000261. The molecule has 2 aliphatic heterocycles. The zero-order valence-corrected chi connectivity index (χ0v) is 19.5. The second-order valence-corrected chi connectivity index (χ2v) is 8.19. The molecule has 0 radical (unpaired) electrons. The summed E-state index contributed by atoms with van der Waals surface area (Å²) in [5, 5.41) is 3.63. The zero-order valence-electron chi connectivity index (χ0n) is 17.2. The molecule has 0 bridgehead atoms. The number of aryl methyl sites for hydroxylation is 1. The highest BCUT2D eigenvalue weighted by Gasteiger charge is 2.31. The van der Waals surface area contributed by atoms with E-state index in [2.05, 4.69) is 65.1 Å². The van der Waals surface area contributed by atoms with Gasteiger partial charge < -0.3 is 15.0 Å². The average molecular weight is 486 g/mol. The molecule has 1 atom stereocenters. The van der Waals surface area contributed by atoms with E-state index in [0.29, 0.717) is 6.04 Å². The molecule has 0 aromatic heterocycles. The zero-order chi connectivity index (χ0) is 18.6. The highest BCUT2D eigenvalue weighted by molar-refractivity contribution is 14.0. The molecule has 27 heavy (non-hydrogen) atoms. The molecule has 2 saturated heterocycles. The number of ether oxygens (including phenoxy) is 1. The summed E-state index contributed by atoms with van der Waals surface area (Å²) in [7, 11) is 1.89. The summed E-state index contributed by atoms with van der Waals surface area (Å²) in [6.45, 7) is 13.6. The number of morpholine rings is 1. The van der Waals surface area contributed by atoms with Gasteiger partial charge in [-0.05, 0) is 18.9 Å². The highest BCUT2D eigenvalue weighted by atomic mass is 127. The molecular weight excluding hydrogens is 451 g/mol. The summed E-state index contributed by atoms with van der Waals surface area (Å²) in [5.41, 5.74) is 2.74. The lowest BCUT2D eigenvalue weighted by atomic mass is 9.84. The van der Waals surface area contributed by atoms with Crippen LogP contribution in [0.1, 0.15) is 31.4 Å². The van der Waals surface area contributed by atoms with Crippen LogP contribution in [0.2, 0.25) is 0 Å². The number of rotatable bonds is 4. The first-order valence-corrected chi connectivity index (χ1v) is 9.84. The first-order valence-electron chi connectivity index (χ1n) is 9.84. The van der Waals surface area contributed by atoms with Crippen molar-refractivity contribution in [3.63, 3.8) is 0 Å². The Bertz CT molecular complexity index is 628. The number of guanidine groups is 1. The lowest BCUT2D eigenvalue weighted by molar-refractivity contribution is 0.0195. The van der Waals surface area contributed by atoms with Crippen LogP contribution in [0.25, 0.3) is 0 Å². The summed E-state index contributed by atoms with van der Waals surface area (Å²) in [6, 6.07) is 9.44. The van der Waals surface area contributed by atoms with Gasteiger partial charge >= 0.3 is 0 Å². The number of hydrogen-bond donors (Lipinski definition) is 1. The molecule has 5 nitrogen and oxygen atoms in total. The van der Waals surface area contributed by atoms with Crippen LogP contribution in [0.4, 0.5) is 0 Å². The van der Waals surface area contributed by atoms with E-state index in [-0.39, 0.29) is 29.4 Å². The Labute approximate surface area is 181 Å². The van der Waals surface area contributed by atoms with Crippen LogP contribution in [0.5, 0.6) is 0 Å². The summed E-state index contributed by atoms with van der Waals surface area (Å²) >= 11 is 0. The second kappa shape index (κ2) is 10.1. The molecule has 0 amide bonds. The molecule has 152 valence electrons. The Hall–Kier alpha value is -0.860. The van der Waals surface area contributed by atoms with Crippen molar-refractivity contribution in [2.45, 2.75) is 38.6 Å². The number of aliphatic imine (C=N–C) groups is 1. The van der Waals surface area contributed by atoms with Gasteiger partial charge in [0.2, 0.25) is 0 Å². The van der Waals surface area contributed by atoms with Crippen LogP contribution in [0.15, 0.2) is 29.3 Å². The fourth-order valence-electron chi connectivity index (χ4n) is 3.98. The quantitative estimate of drug-likeness (QED) is 0.404. The summed E-state index contributed by atoms with van der Waals surface area (Å²) in [6.07, 6.45) is 1.21. The fraction of sp³-hybridized carbons (Fsp3) is 0.667. The van der Waals surface area contributed by atoms with Crippen molar-refractivity contribution in [1.29, 1.82) is 0 Å². The van der Waals surface area contributed by atoms with E-state index >= 15 is 0 Å². The van der Waals surface area contributed by atoms with Gasteiger partial charge in [0.05, 0.1) is 13.2 Å². The van der Waals surface area contributed by atoms with Crippen molar-refractivity contribution < 1.29 is 4.74 Å². The smallest absolute Gasteiger partial charge is 0.193 e. The Morgan fingerprint density at radius 1 is 1.26 bits per heavy atom. The minimum atomic E-state index is 0. The number of nitrogens with zero attached hydrogens (tertiary/aromatic N) is 3. The number of hydrogen-bond acceptors (Lipinski definition) is 3. The first-order chi connectivity index (χ1) is 12.5. The van der Waals surface area contributed by atoms with E-state index in [4.69, 9.17) is 4.74 Å². The van der Waals surface area contributed by atoms with Crippen molar-refractivity contribution in [2.75, 3.05) is 53.0 Å². The molecule has 2 aliphatic rings. The normalized spacial score (nSPS) is 21.9. The fourth-order valence-corrected chi connectivity index (χ4v) is 3.98. The van der Waals surface area contributed by atoms with E-state index in [9.17, 15) is 0 Å². The van der Waals surface area contributed by atoms with Crippen LogP contribution in [-0.4, -0.2) is 74.8 Å². The van der Waals surface area contributed by atoms with Gasteiger partial charge in [-0.25, -0.2) is 0 Å². The minimum absolute atomic E-state index is 0. The van der Waals surface area contributed by atoms with Gasteiger partial charge in [0, 0.05) is 51.2 Å². The van der Waals surface area contributed by atoms with Gasteiger partial charge in [0.25, 0.3) is 0 Å². The second-order valence-electron chi connectivity index (χ2n) is 8.19. The molecule has 0 aliphatic carbocycles. The molecule has 0 saturated carbocycles. The van der Waals surface area contributed by atoms with E-state index in [1.165, 1.54) is 17.5 Å². The van der Waals surface area contributed by atoms with Gasteiger partial charge in [-0.3, -0.25) is 9.89 Å². The Morgan fingerprint density at radius 3 is 2.67 bits per heavy atom. The third kappa shape index (κ3) is 5.81. The number of nitrogens with one attached hydrogen (secondary N) is 1. The standard InChI is InChI=1S/C21H34N4O.HI/c1-17-6-5-7-18(14-17)21(2,3)16-23-20(22-4)25-9-8-19(15-25)24-10-12-26-13-11-24;/h5-7,14,19H,8-13,15-16H2,1-4H3,(H,22,23);1H. The topological polar surface area (TPSA) is 40.1 Å². The molecule has 1 aromatic rings.